The van der Waals surface area contributed by atoms with Crippen LogP contribution < -0.4 is 5.32 Å². The summed E-state index contributed by atoms with van der Waals surface area (Å²) >= 11 is 6.46. The minimum absolute atomic E-state index is 0.183. The fraction of sp³-hybridized carbons (Fsp3) is 0.208. The number of ether oxygens (including phenoxy) is 1. The number of carboxylic acid groups (broad SMARTS) is 1. The summed E-state index contributed by atoms with van der Waals surface area (Å²) in [5.74, 6) is -1.85. The molecule has 32 heavy (non-hydrogen) atoms. The molecule has 0 fully saturated rings. The lowest BCUT2D eigenvalue weighted by Crippen LogP contribution is -2.42. The first-order valence-electron chi connectivity index (χ1n) is 9.93. The molecule has 0 spiro atoms. The number of aromatic amines is 1. The lowest BCUT2D eigenvalue weighted by molar-refractivity contribution is -0.144. The van der Waals surface area contributed by atoms with Crippen molar-refractivity contribution in [1.82, 2.24) is 10.3 Å². The number of benzene rings is 2. The maximum atomic E-state index is 12.2. The van der Waals surface area contributed by atoms with Gasteiger partial charge in [-0.05, 0) is 29.3 Å². The molecule has 0 aliphatic carbocycles. The number of H-pyrrole nitrogens is 1. The van der Waals surface area contributed by atoms with Gasteiger partial charge in [0.25, 0.3) is 0 Å². The minimum Gasteiger partial charge on any atom is -0.478 e. The Kier molecular flexibility index (Phi) is 7.33. The van der Waals surface area contributed by atoms with Crippen LogP contribution in [0.15, 0.2) is 54.6 Å². The topological polar surface area (TPSA) is 108 Å². The molecule has 2 aromatic carbocycles. The maximum Gasteiger partial charge on any atom is 0.335 e. The molecule has 0 bridgehead atoms. The van der Waals surface area contributed by atoms with Gasteiger partial charge in [0.2, 0.25) is 5.91 Å². The average Bonchev–Trinajstić information content (AvgIpc) is 3.13. The Morgan fingerprint density at radius 3 is 2.41 bits per heavy atom. The molecule has 1 aromatic heterocycles. The fourth-order valence-corrected chi connectivity index (χ4v) is 3.73. The van der Waals surface area contributed by atoms with Crippen LogP contribution in [-0.2, 0) is 27.2 Å². The van der Waals surface area contributed by atoms with Crippen LogP contribution in [0.2, 0.25) is 0 Å². The number of rotatable bonds is 8. The van der Waals surface area contributed by atoms with E-state index in [1.807, 2.05) is 30.3 Å². The van der Waals surface area contributed by atoms with E-state index in [1.165, 1.54) is 26.2 Å². The molecular formula is C24H23ClN2O5. The first kappa shape index (κ1) is 23.1. The first-order chi connectivity index (χ1) is 15.3. The van der Waals surface area contributed by atoms with Crippen LogP contribution >= 0.6 is 11.6 Å². The van der Waals surface area contributed by atoms with Crippen LogP contribution in [0.3, 0.4) is 0 Å². The number of carboxylic acids is 1. The second-order valence-corrected chi connectivity index (χ2v) is 7.65. The summed E-state index contributed by atoms with van der Waals surface area (Å²) in [6, 6.07) is 13.2. The predicted molar refractivity (Wildman–Crippen MR) is 123 cm³/mol. The molecule has 1 atom stereocenters. The highest BCUT2D eigenvalue weighted by molar-refractivity contribution is 6.48. The third-order valence-electron chi connectivity index (χ3n) is 5.07. The van der Waals surface area contributed by atoms with Crippen molar-refractivity contribution in [3.63, 3.8) is 0 Å². The number of para-hydroxylation sites is 1. The number of methoxy groups -OCH3 is 1. The number of nitrogens with one attached hydrogen (secondary N) is 2. The number of esters is 1. The van der Waals surface area contributed by atoms with Crippen molar-refractivity contribution in [3.8, 4) is 0 Å². The molecule has 1 amide bonds. The lowest BCUT2D eigenvalue weighted by Gasteiger charge is -2.16. The number of fused-ring (bicyclic) bond motifs is 1. The Hall–Kier alpha value is -3.58. The zero-order valence-corrected chi connectivity index (χ0v) is 18.4. The van der Waals surface area contributed by atoms with Crippen molar-refractivity contribution in [2.24, 2.45) is 0 Å². The van der Waals surface area contributed by atoms with Crippen LogP contribution in [0.25, 0.3) is 15.9 Å². The van der Waals surface area contributed by atoms with Crippen molar-refractivity contribution in [3.05, 3.63) is 77.0 Å². The van der Waals surface area contributed by atoms with E-state index in [9.17, 15) is 14.4 Å². The van der Waals surface area contributed by atoms with Crippen molar-refractivity contribution in [2.75, 3.05) is 7.11 Å². The summed E-state index contributed by atoms with van der Waals surface area (Å²) in [5.41, 5.74) is 3.51. The van der Waals surface area contributed by atoms with E-state index in [4.69, 9.17) is 21.4 Å². The molecule has 0 saturated heterocycles. The number of amides is 1. The zero-order valence-electron chi connectivity index (χ0n) is 17.6. The van der Waals surface area contributed by atoms with Gasteiger partial charge >= 0.3 is 11.9 Å². The smallest absolute Gasteiger partial charge is 0.335 e. The molecular weight excluding hydrogens is 432 g/mol. The number of carbonyl (C=O) groups is 3. The largest absolute Gasteiger partial charge is 0.478 e. The van der Waals surface area contributed by atoms with E-state index in [-0.39, 0.29) is 17.9 Å². The quantitative estimate of drug-likeness (QED) is 0.447. The van der Waals surface area contributed by atoms with Gasteiger partial charge in [-0.3, -0.25) is 4.79 Å². The van der Waals surface area contributed by atoms with Gasteiger partial charge in [-0.25, -0.2) is 9.59 Å². The Morgan fingerprint density at radius 2 is 1.78 bits per heavy atom. The average molecular weight is 455 g/mol. The van der Waals surface area contributed by atoms with Gasteiger partial charge in [-0.1, -0.05) is 48.0 Å². The molecule has 8 heteroatoms. The summed E-state index contributed by atoms with van der Waals surface area (Å²) in [6.45, 7) is 1.35. The van der Waals surface area contributed by atoms with E-state index < -0.39 is 18.0 Å². The summed E-state index contributed by atoms with van der Waals surface area (Å²) in [5, 5.41) is 13.1. The van der Waals surface area contributed by atoms with E-state index in [0.29, 0.717) is 17.0 Å². The van der Waals surface area contributed by atoms with Gasteiger partial charge in [0.05, 0.1) is 12.7 Å². The normalized spacial score (nSPS) is 12.4. The SMILES string of the molecule is COC(=O)C(Cc1c(C/C=C(/Cl)c2ccc(C(=O)O)cc2)[nH]c2ccccc12)NC(C)=O. The summed E-state index contributed by atoms with van der Waals surface area (Å²) < 4.78 is 4.86. The molecule has 0 aliphatic rings. The molecule has 0 aliphatic heterocycles. The number of aromatic nitrogens is 1. The van der Waals surface area contributed by atoms with Crippen LogP contribution in [-0.4, -0.2) is 41.1 Å². The van der Waals surface area contributed by atoms with Gasteiger partial charge in [0.1, 0.15) is 6.04 Å². The number of aromatic carboxylic acids is 1. The molecule has 3 aromatic rings. The molecule has 3 N–H and O–H groups in total. The monoisotopic (exact) mass is 454 g/mol. The fourth-order valence-electron chi connectivity index (χ4n) is 3.53. The van der Waals surface area contributed by atoms with Crippen LogP contribution in [0.4, 0.5) is 0 Å². The summed E-state index contributed by atoms with van der Waals surface area (Å²) in [6.07, 6.45) is 2.51. The van der Waals surface area contributed by atoms with Crippen LogP contribution in [0.5, 0.6) is 0 Å². The van der Waals surface area contributed by atoms with E-state index in [2.05, 4.69) is 10.3 Å². The number of hydrogen-bond acceptors (Lipinski definition) is 4. The number of carbonyl (C=O) groups excluding carboxylic acids is 2. The molecule has 1 unspecified atom stereocenters. The van der Waals surface area contributed by atoms with E-state index >= 15 is 0 Å². The van der Waals surface area contributed by atoms with Crippen molar-refractivity contribution >= 4 is 45.4 Å². The van der Waals surface area contributed by atoms with Gasteiger partial charge in [0.15, 0.2) is 0 Å². The zero-order chi connectivity index (χ0) is 23.3. The number of hydrogen-bond donors (Lipinski definition) is 3. The van der Waals surface area contributed by atoms with Gasteiger partial charge in [-0.2, -0.15) is 0 Å². The van der Waals surface area contributed by atoms with Gasteiger partial charge < -0.3 is 20.1 Å². The highest BCUT2D eigenvalue weighted by Gasteiger charge is 2.24. The van der Waals surface area contributed by atoms with E-state index in [1.54, 1.807) is 12.1 Å². The van der Waals surface area contributed by atoms with Crippen LogP contribution in [0.1, 0.15) is 34.1 Å². The predicted octanol–water partition coefficient (Wildman–Crippen LogP) is 3.91. The third-order valence-corrected chi connectivity index (χ3v) is 5.44. The summed E-state index contributed by atoms with van der Waals surface area (Å²) in [4.78, 5) is 38.2. The minimum atomic E-state index is -1.00. The molecule has 0 radical (unpaired) electrons. The maximum absolute atomic E-state index is 12.2. The first-order valence-corrected chi connectivity index (χ1v) is 10.3. The van der Waals surface area contributed by atoms with Gasteiger partial charge in [0, 0.05) is 41.4 Å². The van der Waals surface area contributed by atoms with Crippen molar-refractivity contribution in [2.45, 2.75) is 25.8 Å². The van der Waals surface area contributed by atoms with Crippen molar-refractivity contribution in [1.29, 1.82) is 0 Å². The standard InChI is InChI=1S/C24H23ClN2O5/c1-14(28)26-22(24(31)32-2)13-18-17-5-3-4-6-20(17)27-21(18)12-11-19(25)15-7-9-16(10-8-15)23(29)30/h3-11,22,27H,12-13H2,1-2H3,(H,26,28)(H,29,30)/b19-11+. The third kappa shape index (κ3) is 5.36. The molecule has 7 nitrogen and oxygen atoms in total. The molecule has 0 saturated carbocycles. The molecule has 166 valence electrons. The second-order valence-electron chi connectivity index (χ2n) is 7.25. The summed E-state index contributed by atoms with van der Waals surface area (Å²) in [7, 11) is 1.28. The Bertz CT molecular complexity index is 1180. The molecule has 1 heterocycles. The second kappa shape index (κ2) is 10.2. The number of halogens is 1. The highest BCUT2D eigenvalue weighted by Crippen LogP contribution is 2.27. The Balaban J connectivity index is 1.92. The van der Waals surface area contributed by atoms with Crippen molar-refractivity contribution < 1.29 is 24.2 Å². The lowest BCUT2D eigenvalue weighted by atomic mass is 10.0. The Labute approximate surface area is 190 Å². The van der Waals surface area contributed by atoms with Gasteiger partial charge in [-0.15, -0.1) is 0 Å². The highest BCUT2D eigenvalue weighted by atomic mass is 35.5. The Morgan fingerprint density at radius 1 is 1.12 bits per heavy atom. The van der Waals surface area contributed by atoms with E-state index in [0.717, 1.165) is 22.2 Å². The van der Waals surface area contributed by atoms with Crippen LogP contribution in [0, 0.1) is 0 Å². The number of allylic oxidation sites excluding steroid dienone is 1. The molecule has 3 rings (SSSR count).